The molecule has 2 saturated heterocycles. The Balaban J connectivity index is 1.44. The monoisotopic (exact) mass is 518 g/mol. The van der Waals surface area contributed by atoms with E-state index in [0.29, 0.717) is 18.7 Å². The largest absolute Gasteiger partial charge is 0.503 e. The molecular weight excluding hydrogens is 490 g/mol. The quantitative estimate of drug-likeness (QED) is 0.646. The van der Waals surface area contributed by atoms with Crippen LogP contribution in [0.1, 0.15) is 52.6 Å². The van der Waals surface area contributed by atoms with E-state index in [0.717, 1.165) is 43.4 Å². The molecule has 2 amide bonds. The third-order valence-corrected chi connectivity index (χ3v) is 8.44. The standard InChI is InChI=1S/C25H28F2N4O4S/c1-14-4-7-30(17-5-8-36-9-6-17)20-13-29-12-18(22(32)23(33)21(29)25(35)31(14)20)24(34)28-11-15-2-3-16(26)10-19(15)27/h2-3,10,12,14,17,20,33H,4-9,11,13H2,1H3,(H,28,34)/t14-,20?/m0/s1. The molecule has 1 aromatic carbocycles. The van der Waals surface area contributed by atoms with E-state index in [-0.39, 0.29) is 35.6 Å². The number of amides is 2. The molecule has 2 fully saturated rings. The maximum atomic E-state index is 13.9. The number of aromatic nitrogens is 1. The summed E-state index contributed by atoms with van der Waals surface area (Å²) in [5.74, 6) is -1.43. The van der Waals surface area contributed by atoms with Crippen molar-refractivity contribution in [2.24, 2.45) is 0 Å². The number of nitrogens with one attached hydrogen (secondary N) is 1. The van der Waals surface area contributed by atoms with Crippen LogP contribution in [0.15, 0.2) is 29.2 Å². The summed E-state index contributed by atoms with van der Waals surface area (Å²) in [6, 6.07) is 3.29. The number of nitrogens with zero attached hydrogens (tertiary/aromatic N) is 3. The Labute approximate surface area is 211 Å². The number of carbonyl (C=O) groups is 2. The summed E-state index contributed by atoms with van der Waals surface area (Å²) in [5, 5.41) is 13.2. The number of thioether (sulfide) groups is 1. The predicted octanol–water partition coefficient (Wildman–Crippen LogP) is 2.53. The molecule has 5 rings (SSSR count). The van der Waals surface area contributed by atoms with E-state index in [1.165, 1.54) is 16.8 Å². The summed E-state index contributed by atoms with van der Waals surface area (Å²) in [7, 11) is 0. The van der Waals surface area contributed by atoms with Crippen LogP contribution in [-0.2, 0) is 13.1 Å². The van der Waals surface area contributed by atoms with Crippen LogP contribution in [0.2, 0.25) is 0 Å². The fourth-order valence-corrected chi connectivity index (χ4v) is 6.54. The lowest BCUT2D eigenvalue weighted by Gasteiger charge is -2.53. The van der Waals surface area contributed by atoms with Crippen LogP contribution < -0.4 is 10.7 Å². The van der Waals surface area contributed by atoms with Gasteiger partial charge in [-0.3, -0.25) is 19.3 Å². The molecule has 0 spiro atoms. The van der Waals surface area contributed by atoms with E-state index < -0.39 is 34.6 Å². The van der Waals surface area contributed by atoms with Crippen molar-refractivity contribution in [3.05, 3.63) is 63.1 Å². The van der Waals surface area contributed by atoms with Crippen molar-refractivity contribution >= 4 is 23.6 Å². The Morgan fingerprint density at radius 2 is 1.94 bits per heavy atom. The van der Waals surface area contributed by atoms with Crippen molar-refractivity contribution in [1.29, 1.82) is 0 Å². The summed E-state index contributed by atoms with van der Waals surface area (Å²) >= 11 is 1.93. The van der Waals surface area contributed by atoms with Crippen molar-refractivity contribution in [2.75, 3.05) is 18.1 Å². The molecule has 8 nitrogen and oxygen atoms in total. The molecule has 192 valence electrons. The molecular formula is C25H28F2N4O4S. The molecule has 3 aliphatic rings. The van der Waals surface area contributed by atoms with E-state index in [1.807, 2.05) is 18.7 Å². The second kappa shape index (κ2) is 9.85. The van der Waals surface area contributed by atoms with Gasteiger partial charge >= 0.3 is 0 Å². The topological polar surface area (TPSA) is 94.9 Å². The minimum atomic E-state index is -0.962. The van der Waals surface area contributed by atoms with Gasteiger partial charge in [-0.05, 0) is 43.8 Å². The number of halogens is 2. The number of pyridine rings is 1. The normalized spacial score (nSPS) is 22.8. The lowest BCUT2D eigenvalue weighted by molar-refractivity contribution is -0.0530. The maximum Gasteiger partial charge on any atom is 0.276 e. The number of benzene rings is 1. The Morgan fingerprint density at radius 1 is 1.19 bits per heavy atom. The molecule has 36 heavy (non-hydrogen) atoms. The van der Waals surface area contributed by atoms with Crippen molar-refractivity contribution in [1.82, 2.24) is 19.7 Å². The fraction of sp³-hybridized carbons (Fsp3) is 0.480. The molecule has 0 bridgehead atoms. The average Bonchev–Trinajstić information content (AvgIpc) is 2.86. The number of aromatic hydroxyl groups is 1. The maximum absolute atomic E-state index is 13.9. The van der Waals surface area contributed by atoms with Gasteiger partial charge in [-0.25, -0.2) is 8.78 Å². The molecule has 4 heterocycles. The van der Waals surface area contributed by atoms with Crippen molar-refractivity contribution in [2.45, 2.75) is 57.5 Å². The van der Waals surface area contributed by atoms with Gasteiger partial charge in [-0.1, -0.05) is 6.07 Å². The van der Waals surface area contributed by atoms with Gasteiger partial charge in [0.25, 0.3) is 11.8 Å². The molecule has 3 aliphatic heterocycles. The number of hydrogen-bond acceptors (Lipinski definition) is 6. The molecule has 2 N–H and O–H groups in total. The van der Waals surface area contributed by atoms with Crippen molar-refractivity contribution in [3.8, 4) is 5.75 Å². The highest BCUT2D eigenvalue weighted by Gasteiger charge is 2.45. The SMILES string of the molecule is C[C@H]1CCN(C2CCSCC2)C2Cn3cc(C(=O)NCc4ccc(F)cc4F)c(=O)c(O)c3C(=O)N21. The van der Waals surface area contributed by atoms with Crippen LogP contribution in [0.25, 0.3) is 0 Å². The summed E-state index contributed by atoms with van der Waals surface area (Å²) in [5.41, 5.74) is -1.37. The molecule has 0 saturated carbocycles. The van der Waals surface area contributed by atoms with Crippen LogP contribution in [0, 0.1) is 11.6 Å². The van der Waals surface area contributed by atoms with Crippen LogP contribution in [0.4, 0.5) is 8.78 Å². The summed E-state index contributed by atoms with van der Waals surface area (Å²) in [4.78, 5) is 43.4. The first-order valence-electron chi connectivity index (χ1n) is 12.1. The number of hydrogen-bond donors (Lipinski definition) is 2. The van der Waals surface area contributed by atoms with Crippen LogP contribution >= 0.6 is 11.8 Å². The van der Waals surface area contributed by atoms with Gasteiger partial charge in [0, 0.05) is 43.0 Å². The Morgan fingerprint density at radius 3 is 2.67 bits per heavy atom. The smallest absolute Gasteiger partial charge is 0.276 e. The number of rotatable bonds is 4. The summed E-state index contributed by atoms with van der Waals surface area (Å²) in [6.07, 6.45) is 3.93. The zero-order chi connectivity index (χ0) is 25.6. The molecule has 2 atom stereocenters. The minimum Gasteiger partial charge on any atom is -0.503 e. The highest BCUT2D eigenvalue weighted by Crippen LogP contribution is 2.34. The van der Waals surface area contributed by atoms with Crippen molar-refractivity contribution in [3.63, 3.8) is 0 Å². The Kier molecular flexibility index (Phi) is 6.78. The molecule has 1 aromatic heterocycles. The second-order valence-corrected chi connectivity index (χ2v) is 10.8. The van der Waals surface area contributed by atoms with Gasteiger partial charge in [-0.15, -0.1) is 0 Å². The molecule has 2 aromatic rings. The van der Waals surface area contributed by atoms with E-state index in [4.69, 9.17) is 0 Å². The second-order valence-electron chi connectivity index (χ2n) is 9.55. The van der Waals surface area contributed by atoms with Gasteiger partial charge in [0.05, 0.1) is 6.54 Å². The van der Waals surface area contributed by atoms with Crippen LogP contribution in [-0.4, -0.2) is 67.6 Å². The summed E-state index contributed by atoms with van der Waals surface area (Å²) < 4.78 is 28.6. The first kappa shape index (κ1) is 24.8. The van der Waals surface area contributed by atoms with Gasteiger partial charge in [0.15, 0.2) is 11.4 Å². The predicted molar refractivity (Wildman–Crippen MR) is 131 cm³/mol. The zero-order valence-electron chi connectivity index (χ0n) is 19.9. The average molecular weight is 519 g/mol. The van der Waals surface area contributed by atoms with Crippen molar-refractivity contribution < 1.29 is 23.5 Å². The first-order valence-corrected chi connectivity index (χ1v) is 13.3. The molecule has 1 unspecified atom stereocenters. The van der Waals surface area contributed by atoms with Gasteiger partial charge in [0.2, 0.25) is 5.43 Å². The molecule has 0 aliphatic carbocycles. The lowest BCUT2D eigenvalue weighted by Crippen LogP contribution is -2.66. The Bertz CT molecular complexity index is 1260. The van der Waals surface area contributed by atoms with Gasteiger partial charge < -0.3 is 19.9 Å². The Hall–Kier alpha value is -2.92. The highest BCUT2D eigenvalue weighted by atomic mass is 32.2. The third-order valence-electron chi connectivity index (χ3n) is 7.40. The highest BCUT2D eigenvalue weighted by molar-refractivity contribution is 7.99. The van der Waals surface area contributed by atoms with Crippen LogP contribution in [0.3, 0.4) is 0 Å². The van der Waals surface area contributed by atoms with E-state index in [2.05, 4.69) is 10.2 Å². The molecule has 11 heteroatoms. The third kappa shape index (κ3) is 4.39. The fourth-order valence-electron chi connectivity index (χ4n) is 5.46. The molecule has 0 radical (unpaired) electrons. The summed E-state index contributed by atoms with van der Waals surface area (Å²) in [6.45, 7) is 2.87. The zero-order valence-corrected chi connectivity index (χ0v) is 20.7. The van der Waals surface area contributed by atoms with E-state index in [9.17, 15) is 28.3 Å². The lowest BCUT2D eigenvalue weighted by atomic mass is 9.99. The number of carbonyl (C=O) groups excluding carboxylic acids is 2. The van der Waals surface area contributed by atoms with Gasteiger partial charge in [0.1, 0.15) is 23.4 Å². The number of fused-ring (bicyclic) bond motifs is 2. The van der Waals surface area contributed by atoms with Crippen LogP contribution in [0.5, 0.6) is 5.75 Å². The van der Waals surface area contributed by atoms with Gasteiger partial charge in [-0.2, -0.15) is 11.8 Å². The first-order chi connectivity index (χ1) is 17.3. The minimum absolute atomic E-state index is 0.0476. The van der Waals surface area contributed by atoms with E-state index >= 15 is 0 Å². The van der Waals surface area contributed by atoms with E-state index in [1.54, 1.807) is 4.90 Å².